The summed E-state index contributed by atoms with van der Waals surface area (Å²) in [4.78, 5) is 1.18. The van der Waals surface area contributed by atoms with E-state index in [9.17, 15) is 12.3 Å². The van der Waals surface area contributed by atoms with Crippen molar-refractivity contribution in [2.24, 2.45) is 0 Å². The highest BCUT2D eigenvalue weighted by Gasteiger charge is 2.21. The Balaban J connectivity index is 1.17. The van der Waals surface area contributed by atoms with Crippen LogP contribution in [0.3, 0.4) is 0 Å². The van der Waals surface area contributed by atoms with E-state index < -0.39 is 124 Å². The molecule has 0 fully saturated rings. The SMILES string of the molecule is [2H]c1c([2H])c(N(c2c([2H])c([2H])c(-c3cccc4c3c3ccccc3n4-c3ccccc3)c([2H])c2[2H])c2cccc3oc4c5ccccc5ccc4c23)c([2H])c([2H])c1-c1c([2H])c([2H])c2c([2H])c([2H])c([2H])c([2H])c2c1[2H]. The molecule has 0 N–H and O–H groups in total. The van der Waals surface area contributed by atoms with Gasteiger partial charge in [-0.3, -0.25) is 0 Å². The van der Waals surface area contributed by atoms with Crippen LogP contribution in [0.1, 0.15) is 20.6 Å². The van der Waals surface area contributed by atoms with E-state index in [1.54, 1.807) is 30.3 Å². The second kappa shape index (κ2) is 13.4. The van der Waals surface area contributed by atoms with E-state index in [4.69, 9.17) is 12.6 Å². The number of furan rings is 1. The third-order valence-electron chi connectivity index (χ3n) is 10.8. The monoisotopic (exact) mass is 767 g/mol. The van der Waals surface area contributed by atoms with E-state index in [-0.39, 0.29) is 11.3 Å². The number of nitrogens with zero attached hydrogens (tertiary/aromatic N) is 2. The fourth-order valence-corrected chi connectivity index (χ4v) is 8.16. The maximum absolute atomic E-state index is 9.95. The number of rotatable bonds is 6. The molecule has 0 unspecified atom stereocenters. The zero-order chi connectivity index (χ0) is 51.9. The van der Waals surface area contributed by atoms with E-state index >= 15 is 0 Å². The van der Waals surface area contributed by atoms with Crippen LogP contribution in [0.2, 0.25) is 0 Å². The maximum atomic E-state index is 9.95. The van der Waals surface area contributed by atoms with Crippen molar-refractivity contribution in [2.45, 2.75) is 0 Å². The molecule has 0 saturated heterocycles. The lowest BCUT2D eigenvalue weighted by atomic mass is 9.98. The summed E-state index contributed by atoms with van der Waals surface area (Å²) in [6, 6.07) is 28.9. The third kappa shape index (κ3) is 5.36. The minimum atomic E-state index is -0.809. The van der Waals surface area contributed by atoms with E-state index in [1.807, 2.05) is 97.1 Å². The van der Waals surface area contributed by atoms with E-state index in [2.05, 4.69) is 4.57 Å². The Hall–Kier alpha value is -7.88. The van der Waals surface area contributed by atoms with Crippen LogP contribution in [-0.4, -0.2) is 4.57 Å². The first-order valence-electron chi connectivity index (χ1n) is 26.5. The van der Waals surface area contributed by atoms with Crippen LogP contribution in [0.5, 0.6) is 0 Å². The van der Waals surface area contributed by atoms with Gasteiger partial charge in [0.25, 0.3) is 0 Å². The molecule has 3 heteroatoms. The van der Waals surface area contributed by atoms with Crippen molar-refractivity contribution in [3.8, 4) is 27.9 Å². The maximum Gasteiger partial charge on any atom is 0.143 e. The molecule has 0 amide bonds. The average Bonchev–Trinajstić information content (AvgIpc) is 3.98. The molecule has 0 bridgehead atoms. The molecular weight excluding hydrogens is 717 g/mol. The summed E-state index contributed by atoms with van der Waals surface area (Å²) in [6.45, 7) is 0. The molecule has 12 rings (SSSR count). The lowest BCUT2D eigenvalue weighted by molar-refractivity contribution is 0.672. The number of hydrogen-bond donors (Lipinski definition) is 0. The standard InChI is InChI=1S/C56H36N2O/c1-2-15-43(16-3-1)58-50-20-9-8-18-48(50)54-46(19-10-21-51(54)58)40-28-33-45(34-29-40)57(44-31-26-38(27-32-44)42-25-24-37-12-4-5-14-41(37)36-42)52-22-11-23-53-55(52)49-35-30-39-13-6-7-17-47(39)56(49)59-53/h1-36H/i4D,5D,12D,14D,24D,25D,26D,27D,28D,29D,31D,32D,33D,34D,36D. The van der Waals surface area contributed by atoms with Crippen molar-refractivity contribution < 1.29 is 25.0 Å². The van der Waals surface area contributed by atoms with Gasteiger partial charge in [0.1, 0.15) is 11.2 Å². The summed E-state index contributed by atoms with van der Waals surface area (Å²) in [5, 5.41) is 3.20. The molecule has 276 valence electrons. The highest BCUT2D eigenvalue weighted by molar-refractivity contribution is 6.20. The van der Waals surface area contributed by atoms with Crippen LogP contribution in [0, 0.1) is 0 Å². The topological polar surface area (TPSA) is 21.3 Å². The summed E-state index contributed by atoms with van der Waals surface area (Å²) < 4.78 is 148. The average molecular weight is 768 g/mol. The van der Waals surface area contributed by atoms with Crippen molar-refractivity contribution in [3.63, 3.8) is 0 Å². The Kier molecular flexibility index (Phi) is 4.89. The quantitative estimate of drug-likeness (QED) is 0.168. The van der Waals surface area contributed by atoms with Gasteiger partial charge in [-0.25, -0.2) is 0 Å². The van der Waals surface area contributed by atoms with Gasteiger partial charge in [0.05, 0.1) is 42.7 Å². The first-order chi connectivity index (χ1) is 35.5. The van der Waals surface area contributed by atoms with Gasteiger partial charge in [0, 0.05) is 38.6 Å². The van der Waals surface area contributed by atoms with Gasteiger partial charge in [-0.1, -0.05) is 145 Å². The van der Waals surface area contributed by atoms with E-state index in [0.717, 1.165) is 32.9 Å². The first-order valence-corrected chi connectivity index (χ1v) is 19.0. The van der Waals surface area contributed by atoms with E-state index in [0.29, 0.717) is 32.9 Å². The fraction of sp³-hybridized carbons (Fsp3) is 0. The zero-order valence-corrected chi connectivity index (χ0v) is 30.9. The number of hydrogen-bond acceptors (Lipinski definition) is 2. The molecule has 3 nitrogen and oxygen atoms in total. The molecular formula is C56H36N2O. The predicted molar refractivity (Wildman–Crippen MR) is 249 cm³/mol. The molecule has 0 aliphatic carbocycles. The predicted octanol–water partition coefficient (Wildman–Crippen LogP) is 15.8. The molecule has 0 aliphatic heterocycles. The molecule has 59 heavy (non-hydrogen) atoms. The largest absolute Gasteiger partial charge is 0.455 e. The highest BCUT2D eigenvalue weighted by atomic mass is 16.3. The first kappa shape index (κ1) is 21.6. The van der Waals surface area contributed by atoms with Crippen LogP contribution in [-0.2, 0) is 0 Å². The fourth-order valence-electron chi connectivity index (χ4n) is 8.16. The van der Waals surface area contributed by atoms with Crippen molar-refractivity contribution in [1.82, 2.24) is 4.57 Å². The van der Waals surface area contributed by atoms with Gasteiger partial charge in [0.2, 0.25) is 0 Å². The minimum Gasteiger partial charge on any atom is -0.455 e. The molecule has 0 radical (unpaired) electrons. The Bertz CT molecular complexity index is 4400. The van der Waals surface area contributed by atoms with Crippen LogP contribution in [0.4, 0.5) is 17.1 Å². The molecule has 2 aromatic heterocycles. The smallest absolute Gasteiger partial charge is 0.143 e. The van der Waals surface area contributed by atoms with Crippen LogP contribution >= 0.6 is 0 Å². The number of aromatic nitrogens is 1. The van der Waals surface area contributed by atoms with E-state index in [1.165, 1.54) is 4.90 Å². The van der Waals surface area contributed by atoms with Gasteiger partial charge >= 0.3 is 0 Å². The second-order valence-electron chi connectivity index (χ2n) is 14.1. The van der Waals surface area contributed by atoms with Crippen LogP contribution < -0.4 is 4.90 Å². The normalized spacial score (nSPS) is 15.3. The molecule has 0 aliphatic rings. The summed E-state index contributed by atoms with van der Waals surface area (Å²) in [6.07, 6.45) is 0. The van der Waals surface area contributed by atoms with Crippen LogP contribution in [0.25, 0.3) is 93.2 Å². The molecule has 12 aromatic rings. The van der Waals surface area contributed by atoms with Gasteiger partial charge < -0.3 is 13.9 Å². The van der Waals surface area contributed by atoms with Gasteiger partial charge in [-0.2, -0.15) is 0 Å². The summed E-state index contributed by atoms with van der Waals surface area (Å²) in [7, 11) is 0. The Morgan fingerprint density at radius 2 is 1.12 bits per heavy atom. The lowest BCUT2D eigenvalue weighted by Crippen LogP contribution is -2.10. The van der Waals surface area contributed by atoms with Gasteiger partial charge in [0.15, 0.2) is 0 Å². The minimum absolute atomic E-state index is 0.0231. The summed E-state index contributed by atoms with van der Waals surface area (Å²) >= 11 is 0. The number of anilines is 3. The number of fused-ring (bicyclic) bond motifs is 9. The van der Waals surface area contributed by atoms with Crippen molar-refractivity contribution in [2.75, 3.05) is 4.90 Å². The molecule has 0 spiro atoms. The summed E-state index contributed by atoms with van der Waals surface area (Å²) in [5.74, 6) is 0. The van der Waals surface area contributed by atoms with Gasteiger partial charge in [-0.05, 0) is 111 Å². The highest BCUT2D eigenvalue weighted by Crippen LogP contribution is 2.46. The van der Waals surface area contributed by atoms with Crippen molar-refractivity contribution in [1.29, 1.82) is 0 Å². The van der Waals surface area contributed by atoms with Crippen LogP contribution in [0.15, 0.2) is 222 Å². The molecule has 2 heterocycles. The molecule has 0 saturated carbocycles. The number of para-hydroxylation sites is 2. The Morgan fingerprint density at radius 3 is 1.95 bits per heavy atom. The summed E-state index contributed by atoms with van der Waals surface area (Å²) in [5.41, 5.74) is 1.66. The zero-order valence-electron chi connectivity index (χ0n) is 45.9. The van der Waals surface area contributed by atoms with Gasteiger partial charge in [-0.15, -0.1) is 0 Å². The molecule has 10 aromatic carbocycles. The molecule has 0 atom stereocenters. The number of benzene rings is 10. The van der Waals surface area contributed by atoms with Crippen molar-refractivity contribution in [3.05, 3.63) is 218 Å². The third-order valence-corrected chi connectivity index (χ3v) is 10.8. The Labute approximate surface area is 362 Å². The second-order valence-corrected chi connectivity index (χ2v) is 14.1. The lowest BCUT2D eigenvalue weighted by Gasteiger charge is -2.26. The Morgan fingerprint density at radius 1 is 0.441 bits per heavy atom. The van der Waals surface area contributed by atoms with Crippen molar-refractivity contribution >= 4 is 82.4 Å².